The minimum Gasteiger partial charge on any atom is -0.345 e. The van der Waals surface area contributed by atoms with Gasteiger partial charge in [-0.3, -0.25) is 14.6 Å². The van der Waals surface area contributed by atoms with Gasteiger partial charge in [-0.1, -0.05) is 6.92 Å². The first-order valence-corrected chi connectivity index (χ1v) is 9.02. The summed E-state index contributed by atoms with van der Waals surface area (Å²) < 4.78 is 0. The molecule has 1 aromatic heterocycles. The summed E-state index contributed by atoms with van der Waals surface area (Å²) in [7, 11) is 1.77. The van der Waals surface area contributed by atoms with Gasteiger partial charge in [0.2, 0.25) is 11.8 Å². The van der Waals surface area contributed by atoms with E-state index in [9.17, 15) is 9.59 Å². The van der Waals surface area contributed by atoms with Gasteiger partial charge in [0, 0.05) is 52.2 Å². The van der Waals surface area contributed by atoms with Crippen LogP contribution in [0.4, 0.5) is 0 Å². The summed E-state index contributed by atoms with van der Waals surface area (Å²) in [4.78, 5) is 35.6. The fraction of sp³-hybridized carbons (Fsp3) is 0.632. The Labute approximate surface area is 150 Å². The number of likely N-dealkylation sites (N-methyl/N-ethyl adjacent to an activating group) is 2. The molecule has 0 aliphatic carbocycles. The normalized spacial score (nSPS) is 15.9. The summed E-state index contributed by atoms with van der Waals surface area (Å²) in [6.07, 6.45) is 4.26. The van der Waals surface area contributed by atoms with Crippen molar-refractivity contribution in [1.82, 2.24) is 19.7 Å². The highest BCUT2D eigenvalue weighted by Gasteiger charge is 2.41. The molecule has 138 valence electrons. The zero-order valence-electron chi connectivity index (χ0n) is 15.9. The van der Waals surface area contributed by atoms with E-state index in [0.717, 1.165) is 31.6 Å². The molecule has 2 heterocycles. The third-order valence-electron chi connectivity index (χ3n) is 5.01. The van der Waals surface area contributed by atoms with Crippen molar-refractivity contribution in [3.8, 4) is 0 Å². The Hall–Kier alpha value is -1.95. The SMILES string of the molecule is CCN1CCN(C(=O)C(C)(C)C(=O)N(C)CCc2ccncc2)CC1. The number of carbonyl (C=O) groups is 2. The lowest BCUT2D eigenvalue weighted by Gasteiger charge is -2.38. The first kappa shape index (κ1) is 19.4. The predicted molar refractivity (Wildman–Crippen MR) is 98.1 cm³/mol. The quantitative estimate of drug-likeness (QED) is 0.728. The third-order valence-corrected chi connectivity index (χ3v) is 5.01. The number of pyridine rings is 1. The van der Waals surface area contributed by atoms with Crippen molar-refractivity contribution in [2.24, 2.45) is 5.41 Å². The van der Waals surface area contributed by atoms with Gasteiger partial charge in [-0.2, -0.15) is 0 Å². The molecule has 6 nitrogen and oxygen atoms in total. The lowest BCUT2D eigenvalue weighted by molar-refractivity contribution is -0.154. The Balaban J connectivity index is 1.92. The summed E-state index contributed by atoms with van der Waals surface area (Å²) in [6, 6.07) is 3.89. The molecular weight excluding hydrogens is 316 g/mol. The molecule has 2 amide bonds. The van der Waals surface area contributed by atoms with Gasteiger partial charge in [0.1, 0.15) is 5.41 Å². The fourth-order valence-corrected chi connectivity index (χ4v) is 3.18. The smallest absolute Gasteiger partial charge is 0.237 e. The largest absolute Gasteiger partial charge is 0.345 e. The van der Waals surface area contributed by atoms with Crippen molar-refractivity contribution in [3.05, 3.63) is 30.1 Å². The molecule has 0 radical (unpaired) electrons. The molecule has 1 aliphatic heterocycles. The van der Waals surface area contributed by atoms with Crippen LogP contribution in [-0.2, 0) is 16.0 Å². The lowest BCUT2D eigenvalue weighted by Crippen LogP contribution is -2.55. The number of piperazine rings is 1. The van der Waals surface area contributed by atoms with Crippen molar-refractivity contribution in [2.45, 2.75) is 27.2 Å². The number of hydrogen-bond acceptors (Lipinski definition) is 4. The molecule has 6 heteroatoms. The van der Waals surface area contributed by atoms with Crippen LogP contribution in [0.1, 0.15) is 26.3 Å². The van der Waals surface area contributed by atoms with Crippen molar-refractivity contribution >= 4 is 11.8 Å². The minimum atomic E-state index is -1.03. The molecule has 0 spiro atoms. The molecule has 1 aromatic rings. The van der Waals surface area contributed by atoms with E-state index in [0.29, 0.717) is 19.6 Å². The number of aromatic nitrogens is 1. The van der Waals surface area contributed by atoms with Gasteiger partial charge in [-0.15, -0.1) is 0 Å². The van der Waals surface area contributed by atoms with E-state index in [2.05, 4.69) is 16.8 Å². The third kappa shape index (κ3) is 4.78. The Morgan fingerprint density at radius 2 is 1.76 bits per heavy atom. The fourth-order valence-electron chi connectivity index (χ4n) is 3.18. The number of hydrogen-bond donors (Lipinski definition) is 0. The maximum absolute atomic E-state index is 12.9. The Bertz CT molecular complexity index is 580. The summed E-state index contributed by atoms with van der Waals surface area (Å²) >= 11 is 0. The van der Waals surface area contributed by atoms with Gasteiger partial charge in [0.25, 0.3) is 0 Å². The monoisotopic (exact) mass is 346 g/mol. The van der Waals surface area contributed by atoms with Crippen LogP contribution >= 0.6 is 0 Å². The predicted octanol–water partition coefficient (Wildman–Crippen LogP) is 1.27. The molecule has 0 unspecified atom stereocenters. The van der Waals surface area contributed by atoms with Crippen LogP contribution in [-0.4, -0.2) is 77.8 Å². The highest BCUT2D eigenvalue weighted by Crippen LogP contribution is 2.23. The Kier molecular flexibility index (Phi) is 6.53. The number of rotatable bonds is 6. The summed E-state index contributed by atoms with van der Waals surface area (Å²) in [5.74, 6) is -0.187. The Morgan fingerprint density at radius 1 is 1.16 bits per heavy atom. The summed E-state index contributed by atoms with van der Waals surface area (Å²) in [5, 5.41) is 0. The molecule has 25 heavy (non-hydrogen) atoms. The molecule has 1 fully saturated rings. The van der Waals surface area contributed by atoms with Crippen LogP contribution in [0.5, 0.6) is 0 Å². The molecular formula is C19H30N4O2. The molecule has 0 bridgehead atoms. The molecule has 0 saturated carbocycles. The highest BCUT2D eigenvalue weighted by atomic mass is 16.2. The molecule has 2 rings (SSSR count). The van der Waals surface area contributed by atoms with Gasteiger partial charge < -0.3 is 14.7 Å². The van der Waals surface area contributed by atoms with Crippen LogP contribution in [0, 0.1) is 5.41 Å². The van der Waals surface area contributed by atoms with Crippen LogP contribution < -0.4 is 0 Å². The standard InChI is InChI=1S/C19H30N4O2/c1-5-22-12-14-23(15-13-22)18(25)19(2,3)17(24)21(4)11-8-16-6-9-20-10-7-16/h6-7,9-10H,5,8,11-15H2,1-4H3. The van der Waals surface area contributed by atoms with Gasteiger partial charge >= 0.3 is 0 Å². The van der Waals surface area contributed by atoms with Crippen molar-refractivity contribution in [2.75, 3.05) is 46.3 Å². The van der Waals surface area contributed by atoms with Gasteiger partial charge in [0.15, 0.2) is 0 Å². The molecule has 0 N–H and O–H groups in total. The molecule has 0 aromatic carbocycles. The van der Waals surface area contributed by atoms with Crippen molar-refractivity contribution < 1.29 is 9.59 Å². The van der Waals surface area contributed by atoms with E-state index in [1.165, 1.54) is 0 Å². The average Bonchev–Trinajstić information content (AvgIpc) is 2.65. The first-order valence-electron chi connectivity index (χ1n) is 9.02. The highest BCUT2D eigenvalue weighted by molar-refractivity contribution is 6.04. The zero-order valence-corrected chi connectivity index (χ0v) is 15.9. The van der Waals surface area contributed by atoms with E-state index in [1.807, 2.05) is 17.0 Å². The molecule has 1 aliphatic rings. The van der Waals surface area contributed by atoms with Crippen LogP contribution in [0.25, 0.3) is 0 Å². The van der Waals surface area contributed by atoms with Crippen molar-refractivity contribution in [3.63, 3.8) is 0 Å². The molecule has 0 atom stereocenters. The van der Waals surface area contributed by atoms with E-state index < -0.39 is 5.41 Å². The van der Waals surface area contributed by atoms with Crippen LogP contribution in [0.15, 0.2) is 24.5 Å². The van der Waals surface area contributed by atoms with E-state index in [4.69, 9.17) is 0 Å². The van der Waals surface area contributed by atoms with Crippen LogP contribution in [0.3, 0.4) is 0 Å². The average molecular weight is 346 g/mol. The van der Waals surface area contributed by atoms with E-state index >= 15 is 0 Å². The lowest BCUT2D eigenvalue weighted by atomic mass is 9.89. The second-order valence-corrected chi connectivity index (χ2v) is 7.18. The maximum atomic E-state index is 12.9. The summed E-state index contributed by atoms with van der Waals surface area (Å²) in [5.41, 5.74) is 0.107. The Morgan fingerprint density at radius 3 is 2.32 bits per heavy atom. The first-order chi connectivity index (χ1) is 11.9. The van der Waals surface area contributed by atoms with Crippen molar-refractivity contribution in [1.29, 1.82) is 0 Å². The maximum Gasteiger partial charge on any atom is 0.237 e. The van der Waals surface area contributed by atoms with Gasteiger partial charge in [-0.05, 0) is 44.5 Å². The van der Waals surface area contributed by atoms with Crippen LogP contribution in [0.2, 0.25) is 0 Å². The van der Waals surface area contributed by atoms with Gasteiger partial charge in [0.05, 0.1) is 0 Å². The second kappa shape index (κ2) is 8.43. The number of amides is 2. The van der Waals surface area contributed by atoms with E-state index in [-0.39, 0.29) is 11.8 Å². The molecule has 1 saturated heterocycles. The number of nitrogens with zero attached hydrogens (tertiary/aromatic N) is 4. The topological polar surface area (TPSA) is 56.8 Å². The summed E-state index contributed by atoms with van der Waals surface area (Å²) in [6.45, 7) is 10.4. The van der Waals surface area contributed by atoms with E-state index in [1.54, 1.807) is 38.2 Å². The minimum absolute atomic E-state index is 0.0657. The zero-order chi connectivity index (χ0) is 18.4. The van der Waals surface area contributed by atoms with Gasteiger partial charge in [-0.25, -0.2) is 0 Å². The second-order valence-electron chi connectivity index (χ2n) is 7.18. The number of carbonyl (C=O) groups excluding carboxylic acids is 2.